The number of aliphatic hydroxyl groups is 1. The van der Waals surface area contributed by atoms with Crippen LogP contribution in [0.25, 0.3) is 16.0 Å². The number of ether oxygens (including phenoxy) is 4. The molecule has 3 heterocycles. The maximum Gasteiger partial charge on any atom is 0.301 e. The van der Waals surface area contributed by atoms with Crippen molar-refractivity contribution in [2.24, 2.45) is 0 Å². The zero-order valence-corrected chi connectivity index (χ0v) is 26.9. The van der Waals surface area contributed by atoms with Gasteiger partial charge in [0.15, 0.2) is 16.6 Å². The van der Waals surface area contributed by atoms with E-state index in [1.54, 1.807) is 30.3 Å². The molecule has 7 rings (SSSR count). The molecule has 1 N–H and O–H groups in total. The Morgan fingerprint density at radius 2 is 1.83 bits per heavy atom. The molecule has 0 aliphatic carbocycles. The molecular weight excluding hydrogens is 616 g/mol. The van der Waals surface area contributed by atoms with Crippen LogP contribution >= 0.6 is 11.3 Å². The Morgan fingerprint density at radius 1 is 1.00 bits per heavy atom. The number of hydrogen-bond donors (Lipinski definition) is 1. The Morgan fingerprint density at radius 3 is 2.62 bits per heavy atom. The minimum absolute atomic E-state index is 0.00495. The lowest BCUT2D eigenvalue weighted by Crippen LogP contribution is -2.29. The first-order valence-corrected chi connectivity index (χ1v) is 16.1. The molecule has 1 fully saturated rings. The van der Waals surface area contributed by atoms with Crippen LogP contribution < -0.4 is 23.8 Å². The van der Waals surface area contributed by atoms with Crippen LogP contribution in [0.5, 0.6) is 23.0 Å². The zero-order valence-electron chi connectivity index (χ0n) is 26.1. The predicted octanol–water partition coefficient (Wildman–Crippen LogP) is 7.23. The molecule has 2 aliphatic heterocycles. The van der Waals surface area contributed by atoms with E-state index in [1.807, 2.05) is 68.4 Å². The number of aliphatic hydroxyl groups excluding tert-OH is 1. The van der Waals surface area contributed by atoms with Crippen molar-refractivity contribution >= 4 is 44.1 Å². The molecule has 2 unspecified atom stereocenters. The Hall–Kier alpha value is -5.35. The number of aromatic nitrogens is 1. The first-order chi connectivity index (χ1) is 22.8. The highest BCUT2D eigenvalue weighted by molar-refractivity contribution is 7.22. The third kappa shape index (κ3) is 5.65. The van der Waals surface area contributed by atoms with Crippen molar-refractivity contribution in [3.05, 3.63) is 113 Å². The maximum absolute atomic E-state index is 13.9. The molecule has 4 aromatic carbocycles. The largest absolute Gasteiger partial charge is 0.507 e. The fourth-order valence-electron chi connectivity index (χ4n) is 6.03. The lowest BCUT2D eigenvalue weighted by atomic mass is 9.94. The van der Waals surface area contributed by atoms with Gasteiger partial charge in [-0.2, -0.15) is 0 Å². The molecular formula is C37H32N2O7S. The van der Waals surface area contributed by atoms with E-state index in [2.05, 4.69) is 0 Å². The Bertz CT molecular complexity index is 2040. The summed E-state index contributed by atoms with van der Waals surface area (Å²) in [6, 6.07) is 24.8. The van der Waals surface area contributed by atoms with Crippen LogP contribution in [-0.2, 0) is 22.6 Å². The van der Waals surface area contributed by atoms with E-state index in [1.165, 1.54) is 23.3 Å². The van der Waals surface area contributed by atoms with E-state index in [9.17, 15) is 14.7 Å². The summed E-state index contributed by atoms with van der Waals surface area (Å²) in [5.41, 5.74) is 3.49. The number of rotatable bonds is 9. The highest BCUT2D eigenvalue weighted by Gasteiger charge is 2.48. The van der Waals surface area contributed by atoms with Gasteiger partial charge in [0.2, 0.25) is 0 Å². The smallest absolute Gasteiger partial charge is 0.301 e. The maximum atomic E-state index is 13.9. The van der Waals surface area contributed by atoms with Gasteiger partial charge >= 0.3 is 5.91 Å². The second-order valence-electron chi connectivity index (χ2n) is 11.4. The van der Waals surface area contributed by atoms with Crippen LogP contribution in [-0.4, -0.2) is 41.6 Å². The standard InChI is InChI=1S/C37H32N2O7S/c1-4-44-26-12-13-27-31(19-26)47-37(38-27)39-33(23-10-15-29(30(18-23)43-3)45-20-22-8-6-5-7-9-22)32(35(41)36(39)42)34(40)24-11-14-28-25(17-24)16-21(2)46-28/h5-15,17-19,21,33,40H,4,16,20H2,1-3H3/b34-32+. The number of amides is 1. The van der Waals surface area contributed by atoms with Crippen molar-refractivity contribution in [2.75, 3.05) is 18.6 Å². The minimum Gasteiger partial charge on any atom is -0.507 e. The van der Waals surface area contributed by atoms with Crippen LogP contribution in [0.1, 0.15) is 42.1 Å². The number of carbonyl (C=O) groups is 2. The number of fused-ring (bicyclic) bond motifs is 2. The van der Waals surface area contributed by atoms with Crippen molar-refractivity contribution in [1.82, 2.24) is 4.98 Å². The van der Waals surface area contributed by atoms with Gasteiger partial charge in [0.25, 0.3) is 5.78 Å². The predicted molar refractivity (Wildman–Crippen MR) is 180 cm³/mol. The second kappa shape index (κ2) is 12.4. The number of hydrogen-bond acceptors (Lipinski definition) is 9. The molecule has 5 aromatic rings. The number of methoxy groups -OCH3 is 1. The number of Topliss-reactive ketones (excluding diaryl/α,β-unsaturated/α-hetero) is 1. The highest BCUT2D eigenvalue weighted by atomic mass is 32.1. The average molecular weight is 649 g/mol. The van der Waals surface area contributed by atoms with E-state index in [0.717, 1.165) is 21.6 Å². The van der Waals surface area contributed by atoms with Crippen molar-refractivity contribution in [3.63, 3.8) is 0 Å². The van der Waals surface area contributed by atoms with Crippen molar-refractivity contribution < 1.29 is 33.6 Å². The molecule has 0 spiro atoms. The summed E-state index contributed by atoms with van der Waals surface area (Å²) < 4.78 is 24.1. The molecule has 0 saturated carbocycles. The summed E-state index contributed by atoms with van der Waals surface area (Å²) in [6.07, 6.45) is 0.677. The van der Waals surface area contributed by atoms with Crippen molar-refractivity contribution in [3.8, 4) is 23.0 Å². The van der Waals surface area contributed by atoms with Gasteiger partial charge < -0.3 is 24.1 Å². The molecule has 2 aliphatic rings. The molecule has 1 amide bonds. The number of ketones is 1. The fourth-order valence-corrected chi connectivity index (χ4v) is 7.05. The van der Waals surface area contributed by atoms with E-state index in [4.69, 9.17) is 23.9 Å². The summed E-state index contributed by atoms with van der Waals surface area (Å²) in [4.78, 5) is 33.9. The van der Waals surface area contributed by atoms with Gasteiger partial charge in [-0.25, -0.2) is 4.98 Å². The lowest BCUT2D eigenvalue weighted by molar-refractivity contribution is -0.132. The second-order valence-corrected chi connectivity index (χ2v) is 12.4. The van der Waals surface area contributed by atoms with Crippen molar-refractivity contribution in [1.29, 1.82) is 0 Å². The highest BCUT2D eigenvalue weighted by Crippen LogP contribution is 2.46. The van der Waals surface area contributed by atoms with Gasteiger partial charge in [-0.3, -0.25) is 14.5 Å². The molecule has 10 heteroatoms. The van der Waals surface area contributed by atoms with Gasteiger partial charge in [0, 0.05) is 12.0 Å². The third-order valence-electron chi connectivity index (χ3n) is 8.22. The molecule has 2 atom stereocenters. The van der Waals surface area contributed by atoms with E-state index in [0.29, 0.717) is 58.7 Å². The van der Waals surface area contributed by atoms with E-state index in [-0.39, 0.29) is 17.4 Å². The van der Waals surface area contributed by atoms with Crippen LogP contribution in [0.3, 0.4) is 0 Å². The van der Waals surface area contributed by atoms with Gasteiger partial charge in [-0.1, -0.05) is 47.7 Å². The normalized spacial score (nSPS) is 18.3. The number of thiazole rings is 1. The quantitative estimate of drug-likeness (QED) is 0.101. The molecule has 1 aromatic heterocycles. The molecule has 0 radical (unpaired) electrons. The first kappa shape index (κ1) is 30.3. The average Bonchev–Trinajstić information content (AvgIpc) is 3.75. The monoisotopic (exact) mass is 648 g/mol. The molecule has 47 heavy (non-hydrogen) atoms. The SMILES string of the molecule is CCOc1ccc2nc(N3C(=O)C(=O)/C(=C(/O)c4ccc5c(c4)CC(C)O5)C3c3ccc(OCc4ccccc4)c(OC)c3)sc2c1. The van der Waals surface area contributed by atoms with Gasteiger partial charge in [0.1, 0.15) is 30.0 Å². The van der Waals surface area contributed by atoms with Crippen LogP contribution in [0.15, 0.2) is 90.5 Å². The summed E-state index contributed by atoms with van der Waals surface area (Å²) in [5.74, 6) is 0.451. The van der Waals surface area contributed by atoms with E-state index >= 15 is 0 Å². The van der Waals surface area contributed by atoms with Gasteiger partial charge in [-0.15, -0.1) is 0 Å². The number of nitrogens with zero attached hydrogens (tertiary/aromatic N) is 2. The fraction of sp³-hybridized carbons (Fsp3) is 0.216. The summed E-state index contributed by atoms with van der Waals surface area (Å²) in [5, 5.41) is 12.1. The van der Waals surface area contributed by atoms with E-state index < -0.39 is 17.7 Å². The molecule has 0 bridgehead atoms. The van der Waals surface area contributed by atoms with Crippen molar-refractivity contribution in [2.45, 2.75) is 39.0 Å². The number of benzene rings is 4. The lowest BCUT2D eigenvalue weighted by Gasteiger charge is -2.24. The Kier molecular flexibility index (Phi) is 8.03. The van der Waals surface area contributed by atoms with Crippen LogP contribution in [0.4, 0.5) is 5.13 Å². The Balaban J connectivity index is 1.34. The van der Waals surface area contributed by atoms with Gasteiger partial charge in [-0.05, 0) is 79.1 Å². The van der Waals surface area contributed by atoms with Crippen LogP contribution in [0.2, 0.25) is 0 Å². The topological polar surface area (TPSA) is 107 Å². The summed E-state index contributed by atoms with van der Waals surface area (Å²) in [6.45, 7) is 4.71. The molecule has 1 saturated heterocycles. The summed E-state index contributed by atoms with van der Waals surface area (Å²) >= 11 is 1.27. The third-order valence-corrected chi connectivity index (χ3v) is 9.24. The minimum atomic E-state index is -0.998. The number of carbonyl (C=O) groups excluding carboxylic acids is 2. The number of anilines is 1. The zero-order chi connectivity index (χ0) is 32.7. The first-order valence-electron chi connectivity index (χ1n) is 15.3. The summed E-state index contributed by atoms with van der Waals surface area (Å²) in [7, 11) is 1.53. The Labute approximate surface area is 275 Å². The molecule has 238 valence electrons. The molecule has 9 nitrogen and oxygen atoms in total. The van der Waals surface area contributed by atoms with Gasteiger partial charge in [0.05, 0.1) is 35.5 Å². The van der Waals surface area contributed by atoms with Crippen LogP contribution in [0, 0.1) is 0 Å².